The van der Waals surface area contributed by atoms with Gasteiger partial charge in [0.1, 0.15) is 0 Å². The van der Waals surface area contributed by atoms with Crippen molar-refractivity contribution in [1.29, 1.82) is 0 Å². The topological polar surface area (TPSA) is 47.6 Å². The largest absolute Gasteiger partial charge is 0.372 e. The van der Waals surface area contributed by atoms with E-state index in [-0.39, 0.29) is 5.91 Å². The number of hydrogen-bond donors (Lipinski definition) is 2. The first kappa shape index (κ1) is 18.7. The molecule has 134 valence electrons. The molecule has 0 bridgehead atoms. The van der Waals surface area contributed by atoms with Gasteiger partial charge < -0.3 is 20.4 Å². The molecule has 2 rings (SSSR count). The summed E-state index contributed by atoms with van der Waals surface area (Å²) >= 11 is 0. The van der Waals surface area contributed by atoms with Gasteiger partial charge in [-0.2, -0.15) is 0 Å². The Bertz CT molecular complexity index is 481. The second-order valence-electron chi connectivity index (χ2n) is 6.80. The van der Waals surface area contributed by atoms with E-state index in [1.165, 1.54) is 24.9 Å². The summed E-state index contributed by atoms with van der Waals surface area (Å²) in [5.41, 5.74) is 2.14. The van der Waals surface area contributed by atoms with Crippen LogP contribution in [0.1, 0.15) is 32.1 Å². The molecule has 1 saturated heterocycles. The molecular weight excluding hydrogens is 300 g/mol. The zero-order chi connectivity index (χ0) is 17.2. The highest BCUT2D eigenvalue weighted by Crippen LogP contribution is 2.21. The summed E-state index contributed by atoms with van der Waals surface area (Å²) in [4.78, 5) is 16.6. The number of nitrogens with zero attached hydrogens (tertiary/aromatic N) is 2. The molecule has 1 heterocycles. The summed E-state index contributed by atoms with van der Waals surface area (Å²) < 4.78 is 0. The number of rotatable bonds is 9. The number of nitrogens with one attached hydrogen (secondary N) is 2. The van der Waals surface area contributed by atoms with Crippen molar-refractivity contribution in [3.63, 3.8) is 0 Å². The maximum atomic E-state index is 12.0. The van der Waals surface area contributed by atoms with Gasteiger partial charge in [0.05, 0.1) is 0 Å². The Kier molecular flexibility index (Phi) is 8.05. The summed E-state index contributed by atoms with van der Waals surface area (Å²) in [6.45, 7) is 5.04. The maximum absolute atomic E-state index is 12.0. The van der Waals surface area contributed by atoms with Gasteiger partial charge in [0.15, 0.2) is 0 Å². The van der Waals surface area contributed by atoms with E-state index in [1.54, 1.807) is 0 Å². The van der Waals surface area contributed by atoms with Crippen LogP contribution < -0.4 is 15.5 Å². The van der Waals surface area contributed by atoms with E-state index in [2.05, 4.69) is 46.7 Å². The van der Waals surface area contributed by atoms with Crippen molar-refractivity contribution in [2.24, 2.45) is 0 Å². The summed E-state index contributed by atoms with van der Waals surface area (Å²) in [7, 11) is 4.15. The molecule has 24 heavy (non-hydrogen) atoms. The third-order valence-electron chi connectivity index (χ3n) is 4.36. The minimum atomic E-state index is 0.0702. The Morgan fingerprint density at radius 2 is 1.79 bits per heavy atom. The fourth-order valence-electron chi connectivity index (χ4n) is 2.98. The number of benzene rings is 1. The molecule has 1 amide bonds. The molecule has 0 radical (unpaired) electrons. The van der Waals surface area contributed by atoms with Crippen molar-refractivity contribution in [3.8, 4) is 0 Å². The summed E-state index contributed by atoms with van der Waals surface area (Å²) in [6, 6.07) is 8.24. The van der Waals surface area contributed by atoms with Crippen molar-refractivity contribution >= 4 is 17.3 Å². The predicted molar refractivity (Wildman–Crippen MR) is 102 cm³/mol. The predicted octanol–water partition coefficient (Wildman–Crippen LogP) is 2.55. The number of carbonyl (C=O) groups is 1. The Labute approximate surface area is 146 Å². The molecule has 1 fully saturated rings. The number of amides is 1. The van der Waals surface area contributed by atoms with Gasteiger partial charge in [-0.3, -0.25) is 4.79 Å². The van der Waals surface area contributed by atoms with Crippen LogP contribution in [0.15, 0.2) is 24.3 Å². The van der Waals surface area contributed by atoms with E-state index in [1.807, 2.05) is 12.1 Å². The van der Waals surface area contributed by atoms with Gasteiger partial charge in [0, 0.05) is 37.4 Å². The maximum Gasteiger partial charge on any atom is 0.225 e. The summed E-state index contributed by atoms with van der Waals surface area (Å²) in [5, 5.41) is 6.29. The van der Waals surface area contributed by atoms with Gasteiger partial charge in [-0.15, -0.1) is 0 Å². The van der Waals surface area contributed by atoms with Crippen LogP contribution in [-0.4, -0.2) is 57.6 Å². The normalized spacial score (nSPS) is 14.9. The van der Waals surface area contributed by atoms with E-state index in [9.17, 15) is 4.79 Å². The monoisotopic (exact) mass is 332 g/mol. The van der Waals surface area contributed by atoms with Crippen LogP contribution in [0.25, 0.3) is 0 Å². The van der Waals surface area contributed by atoms with E-state index in [4.69, 9.17) is 0 Å². The van der Waals surface area contributed by atoms with Gasteiger partial charge in [-0.25, -0.2) is 0 Å². The second-order valence-corrected chi connectivity index (χ2v) is 6.80. The molecule has 1 aliphatic heterocycles. The number of anilines is 2. The fraction of sp³-hybridized carbons (Fsp3) is 0.632. The molecule has 5 nitrogen and oxygen atoms in total. The quantitative estimate of drug-likeness (QED) is 0.682. The summed E-state index contributed by atoms with van der Waals surface area (Å²) in [6.07, 6.45) is 5.51. The van der Waals surface area contributed by atoms with Crippen LogP contribution in [0.3, 0.4) is 0 Å². The fourth-order valence-corrected chi connectivity index (χ4v) is 2.98. The highest BCUT2D eigenvalue weighted by molar-refractivity contribution is 5.91. The summed E-state index contributed by atoms with van der Waals surface area (Å²) in [5.74, 6) is 0.0702. The van der Waals surface area contributed by atoms with Gasteiger partial charge in [0.25, 0.3) is 0 Å². The SMILES string of the molecule is CN(C)CCCNCCC(=O)Nc1ccc(N2CCCCC2)cc1. The molecule has 0 aromatic heterocycles. The molecule has 0 saturated carbocycles. The molecule has 0 aliphatic carbocycles. The molecule has 0 unspecified atom stereocenters. The lowest BCUT2D eigenvalue weighted by Crippen LogP contribution is -2.29. The molecule has 1 aliphatic rings. The van der Waals surface area contributed by atoms with Crippen LogP contribution in [0.5, 0.6) is 0 Å². The Morgan fingerprint density at radius 3 is 2.46 bits per heavy atom. The minimum Gasteiger partial charge on any atom is -0.372 e. The molecule has 1 aromatic rings. The lowest BCUT2D eigenvalue weighted by atomic mass is 10.1. The average Bonchev–Trinajstić information content (AvgIpc) is 2.59. The van der Waals surface area contributed by atoms with E-state index in [0.717, 1.165) is 44.8 Å². The van der Waals surface area contributed by atoms with Gasteiger partial charge in [-0.05, 0) is 77.1 Å². The van der Waals surface area contributed by atoms with Crippen LogP contribution in [0, 0.1) is 0 Å². The molecule has 0 atom stereocenters. The highest BCUT2D eigenvalue weighted by Gasteiger charge is 2.10. The van der Waals surface area contributed by atoms with Crippen molar-refractivity contribution in [2.45, 2.75) is 32.1 Å². The Balaban J connectivity index is 1.64. The number of hydrogen-bond acceptors (Lipinski definition) is 4. The smallest absolute Gasteiger partial charge is 0.225 e. The van der Waals surface area contributed by atoms with Crippen molar-refractivity contribution in [3.05, 3.63) is 24.3 Å². The lowest BCUT2D eigenvalue weighted by molar-refractivity contribution is -0.116. The first-order chi connectivity index (χ1) is 11.6. The van der Waals surface area contributed by atoms with Crippen molar-refractivity contribution in [2.75, 3.05) is 57.0 Å². The molecular formula is C19H32N4O. The van der Waals surface area contributed by atoms with Crippen LogP contribution in [0.2, 0.25) is 0 Å². The van der Waals surface area contributed by atoms with E-state index >= 15 is 0 Å². The Hall–Kier alpha value is -1.59. The van der Waals surface area contributed by atoms with Crippen LogP contribution >= 0.6 is 0 Å². The van der Waals surface area contributed by atoms with Gasteiger partial charge in [-0.1, -0.05) is 0 Å². The van der Waals surface area contributed by atoms with Crippen LogP contribution in [0.4, 0.5) is 11.4 Å². The minimum absolute atomic E-state index is 0.0702. The van der Waals surface area contributed by atoms with Crippen molar-refractivity contribution in [1.82, 2.24) is 10.2 Å². The zero-order valence-electron chi connectivity index (χ0n) is 15.2. The first-order valence-electron chi connectivity index (χ1n) is 9.15. The third kappa shape index (κ3) is 6.89. The van der Waals surface area contributed by atoms with Gasteiger partial charge in [0.2, 0.25) is 5.91 Å². The number of piperidine rings is 1. The molecule has 0 spiro atoms. The first-order valence-corrected chi connectivity index (χ1v) is 9.15. The molecule has 1 aromatic carbocycles. The number of carbonyl (C=O) groups excluding carboxylic acids is 1. The average molecular weight is 332 g/mol. The third-order valence-corrected chi connectivity index (χ3v) is 4.36. The molecule has 5 heteroatoms. The second kappa shape index (κ2) is 10.3. The standard InChI is InChI=1S/C19H32N4O/c1-22(2)14-6-12-20-13-11-19(24)21-17-7-9-18(10-8-17)23-15-4-3-5-16-23/h7-10,20H,3-6,11-16H2,1-2H3,(H,21,24). The van der Waals surface area contributed by atoms with Crippen molar-refractivity contribution < 1.29 is 4.79 Å². The van der Waals surface area contributed by atoms with E-state index < -0.39 is 0 Å². The lowest BCUT2D eigenvalue weighted by Gasteiger charge is -2.28. The highest BCUT2D eigenvalue weighted by atomic mass is 16.1. The van der Waals surface area contributed by atoms with Crippen LogP contribution in [-0.2, 0) is 4.79 Å². The zero-order valence-corrected chi connectivity index (χ0v) is 15.2. The Morgan fingerprint density at radius 1 is 1.08 bits per heavy atom. The van der Waals surface area contributed by atoms with Gasteiger partial charge >= 0.3 is 0 Å². The van der Waals surface area contributed by atoms with E-state index in [0.29, 0.717) is 6.42 Å². The molecule has 2 N–H and O–H groups in total.